The van der Waals surface area contributed by atoms with Gasteiger partial charge in [0.25, 0.3) is 0 Å². The predicted molar refractivity (Wildman–Crippen MR) is 66.6 cm³/mol. The zero-order chi connectivity index (χ0) is 13.1. The van der Waals surface area contributed by atoms with Gasteiger partial charge in [0.1, 0.15) is 11.4 Å². The second kappa shape index (κ2) is 5.28. The molecular formula is C11H18N6O. The Morgan fingerprint density at radius 3 is 2.83 bits per heavy atom. The molecule has 0 spiro atoms. The van der Waals surface area contributed by atoms with Crippen LogP contribution in [0.4, 0.5) is 0 Å². The Morgan fingerprint density at radius 1 is 1.50 bits per heavy atom. The molecule has 1 atom stereocenters. The molecule has 7 heteroatoms. The van der Waals surface area contributed by atoms with Crippen LogP contribution in [-0.4, -0.2) is 38.0 Å². The minimum absolute atomic E-state index is 0.0595. The maximum Gasteiger partial charge on any atom is 0.111 e. The van der Waals surface area contributed by atoms with Gasteiger partial charge in [0.15, 0.2) is 0 Å². The van der Waals surface area contributed by atoms with Gasteiger partial charge in [-0.3, -0.25) is 4.68 Å². The number of nitrogens with zero attached hydrogens (tertiary/aromatic N) is 5. The van der Waals surface area contributed by atoms with Crippen LogP contribution in [-0.2, 0) is 24.9 Å². The lowest BCUT2D eigenvalue weighted by atomic mass is 10.2. The van der Waals surface area contributed by atoms with Crippen LogP contribution in [0.5, 0.6) is 0 Å². The summed E-state index contributed by atoms with van der Waals surface area (Å²) in [6.07, 6.45) is 1.80. The fourth-order valence-corrected chi connectivity index (χ4v) is 1.82. The third kappa shape index (κ3) is 2.27. The van der Waals surface area contributed by atoms with Gasteiger partial charge in [0, 0.05) is 26.9 Å². The first-order valence-electron chi connectivity index (χ1n) is 5.81. The highest BCUT2D eigenvalue weighted by molar-refractivity contribution is 5.57. The summed E-state index contributed by atoms with van der Waals surface area (Å²) in [6, 6.07) is 1.92. The molecule has 0 aromatic carbocycles. The van der Waals surface area contributed by atoms with Crippen LogP contribution >= 0.6 is 0 Å². The monoisotopic (exact) mass is 250 g/mol. The summed E-state index contributed by atoms with van der Waals surface area (Å²) in [6.45, 7) is 2.96. The smallest absolute Gasteiger partial charge is 0.111 e. The van der Waals surface area contributed by atoms with Crippen molar-refractivity contribution in [2.75, 3.05) is 7.11 Å². The molecule has 7 nitrogen and oxygen atoms in total. The molecule has 0 saturated carbocycles. The second-order valence-corrected chi connectivity index (χ2v) is 4.16. The van der Waals surface area contributed by atoms with Crippen LogP contribution in [0.3, 0.4) is 0 Å². The summed E-state index contributed by atoms with van der Waals surface area (Å²) in [4.78, 5) is 0. The Labute approximate surface area is 106 Å². The first kappa shape index (κ1) is 12.7. The molecule has 0 aliphatic heterocycles. The molecule has 18 heavy (non-hydrogen) atoms. The molecule has 0 fully saturated rings. The summed E-state index contributed by atoms with van der Waals surface area (Å²) in [7, 11) is 3.56. The van der Waals surface area contributed by atoms with E-state index in [1.165, 1.54) is 0 Å². The number of methoxy groups -OCH3 is 1. The van der Waals surface area contributed by atoms with E-state index in [0.29, 0.717) is 13.1 Å². The Kier molecular flexibility index (Phi) is 3.73. The summed E-state index contributed by atoms with van der Waals surface area (Å²) >= 11 is 0. The maximum atomic E-state index is 5.71. The molecule has 2 N–H and O–H groups in total. The minimum Gasteiger partial charge on any atom is -0.380 e. The lowest BCUT2D eigenvalue weighted by molar-refractivity contribution is 0.0997. The zero-order valence-corrected chi connectivity index (χ0v) is 10.9. The van der Waals surface area contributed by atoms with Crippen molar-refractivity contribution in [2.45, 2.75) is 26.1 Å². The lowest BCUT2D eigenvalue weighted by Gasteiger charge is -2.12. The maximum absolute atomic E-state index is 5.71. The van der Waals surface area contributed by atoms with Gasteiger partial charge in [-0.05, 0) is 13.0 Å². The summed E-state index contributed by atoms with van der Waals surface area (Å²) in [5.74, 6) is 0. The van der Waals surface area contributed by atoms with E-state index in [1.54, 1.807) is 18.0 Å². The molecular weight excluding hydrogens is 232 g/mol. The molecule has 2 aromatic rings. The molecule has 2 aromatic heterocycles. The average Bonchev–Trinajstić information content (AvgIpc) is 2.94. The fourth-order valence-electron chi connectivity index (χ4n) is 1.82. The van der Waals surface area contributed by atoms with Gasteiger partial charge in [-0.1, -0.05) is 5.21 Å². The minimum atomic E-state index is 0.0595. The van der Waals surface area contributed by atoms with E-state index in [1.807, 2.05) is 24.7 Å². The van der Waals surface area contributed by atoms with Crippen molar-refractivity contribution in [3.8, 4) is 11.4 Å². The van der Waals surface area contributed by atoms with Crippen molar-refractivity contribution < 1.29 is 4.74 Å². The van der Waals surface area contributed by atoms with Gasteiger partial charge in [0.2, 0.25) is 0 Å². The van der Waals surface area contributed by atoms with E-state index in [4.69, 9.17) is 10.5 Å². The molecule has 2 heterocycles. The van der Waals surface area contributed by atoms with E-state index in [9.17, 15) is 0 Å². The largest absolute Gasteiger partial charge is 0.380 e. The van der Waals surface area contributed by atoms with Crippen molar-refractivity contribution in [3.63, 3.8) is 0 Å². The third-order valence-electron chi connectivity index (χ3n) is 2.89. The lowest BCUT2D eigenvalue weighted by Crippen LogP contribution is -2.17. The molecule has 0 saturated heterocycles. The van der Waals surface area contributed by atoms with Crippen molar-refractivity contribution in [1.82, 2.24) is 24.8 Å². The standard InChI is InChI=1S/C11H18N6O/c1-8(18-3)7-17-11(9(6-12)14-15-17)10-4-5-13-16(10)2/h4-5,8H,6-7,12H2,1-3H3. The fraction of sp³-hybridized carbons (Fsp3) is 0.545. The Balaban J connectivity index is 2.43. The number of hydrogen-bond acceptors (Lipinski definition) is 5. The van der Waals surface area contributed by atoms with Crippen LogP contribution < -0.4 is 5.73 Å². The SMILES string of the molecule is COC(C)Cn1nnc(CN)c1-c1ccnn1C. The molecule has 0 aliphatic carbocycles. The molecule has 98 valence electrons. The topological polar surface area (TPSA) is 83.8 Å². The van der Waals surface area contributed by atoms with E-state index in [-0.39, 0.29) is 6.10 Å². The Hall–Kier alpha value is -1.73. The second-order valence-electron chi connectivity index (χ2n) is 4.16. The average molecular weight is 250 g/mol. The van der Waals surface area contributed by atoms with Gasteiger partial charge in [0.05, 0.1) is 18.3 Å². The number of rotatable bonds is 5. The van der Waals surface area contributed by atoms with Crippen molar-refractivity contribution >= 4 is 0 Å². The Morgan fingerprint density at radius 2 is 2.28 bits per heavy atom. The van der Waals surface area contributed by atoms with Gasteiger partial charge in [-0.15, -0.1) is 5.10 Å². The summed E-state index contributed by atoms with van der Waals surface area (Å²) < 4.78 is 8.85. The Bertz CT molecular complexity index is 517. The van der Waals surface area contributed by atoms with E-state index in [0.717, 1.165) is 17.1 Å². The van der Waals surface area contributed by atoms with Crippen LogP contribution in [0.2, 0.25) is 0 Å². The van der Waals surface area contributed by atoms with Gasteiger partial charge in [-0.2, -0.15) is 5.10 Å². The number of aryl methyl sites for hydroxylation is 1. The third-order valence-corrected chi connectivity index (χ3v) is 2.89. The highest BCUT2D eigenvalue weighted by Gasteiger charge is 2.17. The highest BCUT2D eigenvalue weighted by Crippen LogP contribution is 2.21. The van der Waals surface area contributed by atoms with Crippen molar-refractivity contribution in [3.05, 3.63) is 18.0 Å². The first-order chi connectivity index (χ1) is 8.67. The highest BCUT2D eigenvalue weighted by atomic mass is 16.5. The van der Waals surface area contributed by atoms with Crippen molar-refractivity contribution in [2.24, 2.45) is 12.8 Å². The molecule has 0 bridgehead atoms. The summed E-state index contributed by atoms with van der Waals surface area (Å²) in [5.41, 5.74) is 8.32. The van der Waals surface area contributed by atoms with E-state index >= 15 is 0 Å². The van der Waals surface area contributed by atoms with Crippen LogP contribution in [0.25, 0.3) is 11.4 Å². The molecule has 0 amide bonds. The van der Waals surface area contributed by atoms with E-state index in [2.05, 4.69) is 15.4 Å². The molecule has 0 radical (unpaired) electrons. The number of ether oxygens (including phenoxy) is 1. The summed E-state index contributed by atoms with van der Waals surface area (Å²) in [5, 5.41) is 12.4. The number of aromatic nitrogens is 5. The van der Waals surface area contributed by atoms with Crippen LogP contribution in [0.1, 0.15) is 12.6 Å². The van der Waals surface area contributed by atoms with Crippen molar-refractivity contribution in [1.29, 1.82) is 0 Å². The normalized spacial score (nSPS) is 12.9. The quantitative estimate of drug-likeness (QED) is 0.818. The number of nitrogens with two attached hydrogens (primary N) is 1. The molecule has 1 unspecified atom stereocenters. The molecule has 0 aliphatic rings. The van der Waals surface area contributed by atoms with E-state index < -0.39 is 0 Å². The van der Waals surface area contributed by atoms with Crippen LogP contribution in [0, 0.1) is 0 Å². The van der Waals surface area contributed by atoms with Gasteiger partial charge in [-0.25, -0.2) is 4.68 Å². The van der Waals surface area contributed by atoms with Crippen LogP contribution in [0.15, 0.2) is 12.3 Å². The van der Waals surface area contributed by atoms with Gasteiger partial charge >= 0.3 is 0 Å². The van der Waals surface area contributed by atoms with Gasteiger partial charge < -0.3 is 10.5 Å². The first-order valence-corrected chi connectivity index (χ1v) is 5.81. The molecule has 2 rings (SSSR count). The zero-order valence-electron chi connectivity index (χ0n) is 10.9. The number of hydrogen-bond donors (Lipinski definition) is 1. The predicted octanol–water partition coefficient (Wildman–Crippen LogP) is 0.172.